The van der Waals surface area contributed by atoms with E-state index < -0.39 is 0 Å². The molecule has 0 atom stereocenters. The molecule has 1 heterocycles. The minimum absolute atomic E-state index is 0.167. The Bertz CT molecular complexity index is 889. The summed E-state index contributed by atoms with van der Waals surface area (Å²) in [5.41, 5.74) is 1.60. The zero-order valence-corrected chi connectivity index (χ0v) is 15.8. The lowest BCUT2D eigenvalue weighted by Gasteiger charge is -2.06. The molecule has 0 bridgehead atoms. The van der Waals surface area contributed by atoms with E-state index in [-0.39, 0.29) is 5.91 Å². The lowest BCUT2D eigenvalue weighted by atomic mass is 10.2. The number of thioether (sulfide) groups is 1. The van der Waals surface area contributed by atoms with E-state index in [0.717, 1.165) is 11.3 Å². The van der Waals surface area contributed by atoms with Crippen LogP contribution < -0.4 is 14.8 Å². The maximum Gasteiger partial charge on any atom is 0.264 e. The van der Waals surface area contributed by atoms with Gasteiger partial charge in [0.1, 0.15) is 23.8 Å². The van der Waals surface area contributed by atoms with Gasteiger partial charge in [-0.05, 0) is 54.6 Å². The number of rotatable bonds is 7. The standard InChI is InChI=1S/C21H20N2O3S/c1-3-13-26-16-11-9-15(10-12-16)14-19-20(24)23-21(27-19)22-17-7-5-6-8-18(17)25-4-2/h3,5-12,14H,1,4,13H2,2H3,(H,22,23,24). The van der Waals surface area contributed by atoms with Crippen LogP contribution >= 0.6 is 11.8 Å². The van der Waals surface area contributed by atoms with Crippen LogP contribution in [0.25, 0.3) is 6.08 Å². The van der Waals surface area contributed by atoms with Crippen LogP contribution in [-0.2, 0) is 4.79 Å². The fraction of sp³-hybridized carbons (Fsp3) is 0.143. The molecule has 2 aromatic rings. The van der Waals surface area contributed by atoms with Crippen molar-refractivity contribution in [2.75, 3.05) is 13.2 Å². The van der Waals surface area contributed by atoms with Crippen molar-refractivity contribution in [3.8, 4) is 11.5 Å². The third-order valence-corrected chi connectivity index (χ3v) is 4.49. The fourth-order valence-corrected chi connectivity index (χ4v) is 3.22. The van der Waals surface area contributed by atoms with Crippen LogP contribution in [0.5, 0.6) is 11.5 Å². The Kier molecular flexibility index (Phi) is 6.33. The molecule has 0 unspecified atom stereocenters. The number of carbonyl (C=O) groups excluding carboxylic acids is 1. The number of para-hydroxylation sites is 2. The van der Waals surface area contributed by atoms with Crippen molar-refractivity contribution in [2.24, 2.45) is 4.99 Å². The number of amidine groups is 1. The summed E-state index contributed by atoms with van der Waals surface area (Å²) in [5, 5.41) is 3.33. The number of hydrogen-bond donors (Lipinski definition) is 1. The van der Waals surface area contributed by atoms with E-state index in [1.165, 1.54) is 11.8 Å². The molecule has 0 spiro atoms. The Morgan fingerprint density at radius 1 is 1.15 bits per heavy atom. The van der Waals surface area contributed by atoms with Gasteiger partial charge in [-0.25, -0.2) is 4.99 Å². The van der Waals surface area contributed by atoms with Gasteiger partial charge in [0.15, 0.2) is 5.17 Å². The van der Waals surface area contributed by atoms with Gasteiger partial charge in [0.2, 0.25) is 0 Å². The van der Waals surface area contributed by atoms with Gasteiger partial charge in [0.25, 0.3) is 5.91 Å². The number of hydrogen-bond acceptors (Lipinski definition) is 5. The van der Waals surface area contributed by atoms with Crippen molar-refractivity contribution in [3.05, 3.63) is 71.7 Å². The number of nitrogens with zero attached hydrogens (tertiary/aromatic N) is 1. The van der Waals surface area contributed by atoms with Crippen LogP contribution in [-0.4, -0.2) is 24.3 Å². The molecule has 1 aliphatic rings. The first-order chi connectivity index (χ1) is 13.2. The average Bonchev–Trinajstić information content (AvgIpc) is 3.02. The molecule has 5 nitrogen and oxygen atoms in total. The molecule has 0 aromatic heterocycles. The van der Waals surface area contributed by atoms with Crippen molar-refractivity contribution < 1.29 is 14.3 Å². The third kappa shape index (κ3) is 5.01. The summed E-state index contributed by atoms with van der Waals surface area (Å²) >= 11 is 1.30. The van der Waals surface area contributed by atoms with Crippen LogP contribution in [0, 0.1) is 0 Å². The van der Waals surface area contributed by atoms with Gasteiger partial charge in [-0.3, -0.25) is 4.79 Å². The highest BCUT2D eigenvalue weighted by molar-refractivity contribution is 8.18. The Morgan fingerprint density at radius 3 is 2.67 bits per heavy atom. The third-order valence-electron chi connectivity index (χ3n) is 3.58. The number of benzene rings is 2. The second kappa shape index (κ2) is 9.09. The first-order valence-electron chi connectivity index (χ1n) is 8.54. The van der Waals surface area contributed by atoms with E-state index in [9.17, 15) is 4.79 Å². The fourth-order valence-electron chi connectivity index (χ4n) is 2.38. The van der Waals surface area contributed by atoms with Gasteiger partial charge in [-0.1, -0.05) is 36.9 Å². The first kappa shape index (κ1) is 18.8. The zero-order valence-electron chi connectivity index (χ0n) is 15.0. The number of amides is 1. The summed E-state index contributed by atoms with van der Waals surface area (Å²) in [4.78, 5) is 17.4. The molecule has 6 heteroatoms. The Hall–Kier alpha value is -2.99. The first-order valence-corrected chi connectivity index (χ1v) is 9.36. The van der Waals surface area contributed by atoms with Crippen LogP contribution in [0.4, 0.5) is 5.69 Å². The van der Waals surface area contributed by atoms with E-state index in [1.807, 2.05) is 61.5 Å². The molecule has 138 valence electrons. The predicted molar refractivity (Wildman–Crippen MR) is 111 cm³/mol. The van der Waals surface area contributed by atoms with Gasteiger partial charge < -0.3 is 14.8 Å². The van der Waals surface area contributed by atoms with Crippen LogP contribution in [0.3, 0.4) is 0 Å². The second-order valence-corrected chi connectivity index (χ2v) is 6.58. The molecule has 0 aliphatic carbocycles. The molecule has 2 aromatic carbocycles. The van der Waals surface area contributed by atoms with E-state index in [1.54, 1.807) is 6.08 Å². The monoisotopic (exact) mass is 380 g/mol. The molecule has 1 fully saturated rings. The van der Waals surface area contributed by atoms with Crippen LogP contribution in [0.2, 0.25) is 0 Å². The van der Waals surface area contributed by atoms with E-state index in [4.69, 9.17) is 9.47 Å². The Balaban J connectivity index is 1.75. The molecule has 27 heavy (non-hydrogen) atoms. The van der Waals surface area contributed by atoms with Gasteiger partial charge in [-0.2, -0.15) is 0 Å². The zero-order chi connectivity index (χ0) is 19.1. The van der Waals surface area contributed by atoms with E-state index in [2.05, 4.69) is 16.9 Å². The summed E-state index contributed by atoms with van der Waals surface area (Å²) in [6.07, 6.45) is 3.52. The highest BCUT2D eigenvalue weighted by Crippen LogP contribution is 2.32. The number of ether oxygens (including phenoxy) is 2. The lowest BCUT2D eigenvalue weighted by Crippen LogP contribution is -2.19. The van der Waals surface area contributed by atoms with Gasteiger partial charge >= 0.3 is 0 Å². The normalized spacial score (nSPS) is 16.4. The van der Waals surface area contributed by atoms with Gasteiger partial charge in [0.05, 0.1) is 11.5 Å². The van der Waals surface area contributed by atoms with E-state index >= 15 is 0 Å². The molecule has 3 rings (SSSR count). The summed E-state index contributed by atoms with van der Waals surface area (Å²) in [6.45, 7) is 6.56. The lowest BCUT2D eigenvalue weighted by molar-refractivity contribution is -0.115. The smallest absolute Gasteiger partial charge is 0.264 e. The molecule has 1 amide bonds. The van der Waals surface area contributed by atoms with Gasteiger partial charge in [0, 0.05) is 0 Å². The van der Waals surface area contributed by atoms with E-state index in [0.29, 0.717) is 34.7 Å². The van der Waals surface area contributed by atoms with Crippen LogP contribution in [0.1, 0.15) is 12.5 Å². The van der Waals surface area contributed by atoms with Gasteiger partial charge in [-0.15, -0.1) is 0 Å². The minimum Gasteiger partial charge on any atom is -0.492 e. The minimum atomic E-state index is -0.167. The van der Waals surface area contributed by atoms with Crippen molar-refractivity contribution in [2.45, 2.75) is 6.92 Å². The highest BCUT2D eigenvalue weighted by Gasteiger charge is 2.24. The second-order valence-electron chi connectivity index (χ2n) is 5.55. The molecule has 0 saturated carbocycles. The highest BCUT2D eigenvalue weighted by atomic mass is 32.2. The average molecular weight is 380 g/mol. The largest absolute Gasteiger partial charge is 0.492 e. The molecule has 1 aliphatic heterocycles. The summed E-state index contributed by atoms with van der Waals surface area (Å²) < 4.78 is 11.0. The van der Waals surface area contributed by atoms with Crippen molar-refractivity contribution in [1.82, 2.24) is 5.32 Å². The molecule has 1 saturated heterocycles. The summed E-state index contributed by atoms with van der Waals surface area (Å²) in [7, 11) is 0. The number of aliphatic imine (C=N–C) groups is 1. The van der Waals surface area contributed by atoms with Crippen molar-refractivity contribution in [3.63, 3.8) is 0 Å². The maximum atomic E-state index is 12.3. The topological polar surface area (TPSA) is 59.9 Å². The Morgan fingerprint density at radius 2 is 1.93 bits per heavy atom. The predicted octanol–water partition coefficient (Wildman–Crippen LogP) is 4.54. The molecular formula is C21H20N2O3S. The maximum absolute atomic E-state index is 12.3. The SMILES string of the molecule is C=CCOc1ccc(C=C2SC(=Nc3ccccc3OCC)NC2=O)cc1. The van der Waals surface area contributed by atoms with Crippen molar-refractivity contribution >= 4 is 34.6 Å². The quantitative estimate of drug-likeness (QED) is 0.566. The summed E-state index contributed by atoms with van der Waals surface area (Å²) in [5.74, 6) is 1.28. The summed E-state index contributed by atoms with van der Waals surface area (Å²) in [6, 6.07) is 15.0. The number of nitrogens with one attached hydrogen (secondary N) is 1. The molecule has 0 radical (unpaired) electrons. The molecule has 1 N–H and O–H groups in total. The molecular weight excluding hydrogens is 360 g/mol. The van der Waals surface area contributed by atoms with Crippen molar-refractivity contribution in [1.29, 1.82) is 0 Å². The van der Waals surface area contributed by atoms with Crippen LogP contribution in [0.15, 0.2) is 71.1 Å². The number of carbonyl (C=O) groups is 1. The Labute approximate surface area is 162 Å².